The zero-order chi connectivity index (χ0) is 11.7. The molecule has 0 fully saturated rings. The molecule has 0 aliphatic heterocycles. The van der Waals surface area contributed by atoms with Gasteiger partial charge in [-0.2, -0.15) is 5.10 Å². The van der Waals surface area contributed by atoms with Crippen molar-refractivity contribution in [3.8, 4) is 11.1 Å². The van der Waals surface area contributed by atoms with Gasteiger partial charge in [0, 0.05) is 16.7 Å². The van der Waals surface area contributed by atoms with Crippen molar-refractivity contribution in [2.75, 3.05) is 5.73 Å². The summed E-state index contributed by atoms with van der Waals surface area (Å²) in [5, 5.41) is 6.28. The lowest BCUT2D eigenvalue weighted by Gasteiger charge is -2.05. The molecule has 2 aromatic rings. The van der Waals surface area contributed by atoms with Crippen LogP contribution in [0.2, 0.25) is 0 Å². The number of aldehydes is 1. The highest BCUT2D eigenvalue weighted by Crippen LogP contribution is 2.28. The number of aryl methyl sites for hydroxylation is 1. The minimum atomic E-state index is -0.374. The number of hydrogen-bond acceptors (Lipinski definition) is 3. The number of H-pyrrole nitrogens is 1. The Balaban J connectivity index is 2.69. The molecular weight excluding hydrogens is 209 g/mol. The largest absolute Gasteiger partial charge is 0.384 e. The van der Waals surface area contributed by atoms with Gasteiger partial charge in [0.25, 0.3) is 0 Å². The zero-order valence-electron chi connectivity index (χ0n) is 8.62. The van der Waals surface area contributed by atoms with Crippen LogP contribution in [0.1, 0.15) is 15.9 Å². The molecule has 0 aliphatic carbocycles. The number of rotatable bonds is 2. The van der Waals surface area contributed by atoms with E-state index in [1.165, 1.54) is 18.3 Å². The first kappa shape index (κ1) is 10.4. The third-order valence-corrected chi connectivity index (χ3v) is 2.42. The lowest BCUT2D eigenvalue weighted by atomic mass is 10.00. The fraction of sp³-hybridized carbons (Fsp3) is 0.0909. The summed E-state index contributed by atoms with van der Waals surface area (Å²) in [5.41, 5.74) is 7.42. The van der Waals surface area contributed by atoms with Gasteiger partial charge in [0.05, 0.1) is 6.20 Å². The second-order valence-electron chi connectivity index (χ2n) is 3.50. The van der Waals surface area contributed by atoms with Crippen molar-refractivity contribution in [1.29, 1.82) is 0 Å². The molecule has 0 amide bonds. The minimum Gasteiger partial charge on any atom is -0.384 e. The molecule has 0 saturated heterocycles. The summed E-state index contributed by atoms with van der Waals surface area (Å²) in [5.74, 6) is -0.0625. The van der Waals surface area contributed by atoms with E-state index in [1.54, 1.807) is 6.92 Å². The van der Waals surface area contributed by atoms with E-state index >= 15 is 0 Å². The number of carbonyl (C=O) groups is 1. The highest BCUT2D eigenvalue weighted by atomic mass is 19.1. The molecule has 1 heterocycles. The summed E-state index contributed by atoms with van der Waals surface area (Å²) in [4.78, 5) is 10.9. The number of nitrogens with two attached hydrogens (primary N) is 1. The summed E-state index contributed by atoms with van der Waals surface area (Å²) in [6.45, 7) is 1.60. The van der Waals surface area contributed by atoms with Gasteiger partial charge in [-0.25, -0.2) is 4.39 Å². The molecule has 1 aromatic heterocycles. The Morgan fingerprint density at radius 3 is 2.75 bits per heavy atom. The Morgan fingerprint density at radius 2 is 2.19 bits per heavy atom. The number of nitrogens with zero attached hydrogens (tertiary/aromatic N) is 1. The molecule has 0 unspecified atom stereocenters. The van der Waals surface area contributed by atoms with E-state index < -0.39 is 0 Å². The van der Waals surface area contributed by atoms with Gasteiger partial charge in [0.2, 0.25) is 0 Å². The molecule has 0 aliphatic rings. The molecule has 82 valence electrons. The summed E-state index contributed by atoms with van der Waals surface area (Å²) in [7, 11) is 0. The van der Waals surface area contributed by atoms with Crippen LogP contribution in [0.4, 0.5) is 10.2 Å². The van der Waals surface area contributed by atoms with E-state index in [2.05, 4.69) is 10.2 Å². The third-order valence-electron chi connectivity index (χ3n) is 2.42. The normalized spacial score (nSPS) is 10.4. The minimum absolute atomic E-state index is 0.311. The van der Waals surface area contributed by atoms with Gasteiger partial charge in [-0.3, -0.25) is 9.89 Å². The highest BCUT2D eigenvalue weighted by Gasteiger charge is 2.12. The van der Waals surface area contributed by atoms with E-state index in [0.29, 0.717) is 34.4 Å². The van der Waals surface area contributed by atoms with Crippen molar-refractivity contribution in [3.63, 3.8) is 0 Å². The highest BCUT2D eigenvalue weighted by molar-refractivity contribution is 5.90. The van der Waals surface area contributed by atoms with Crippen LogP contribution in [0, 0.1) is 12.7 Å². The van der Waals surface area contributed by atoms with Gasteiger partial charge >= 0.3 is 0 Å². The number of aromatic amines is 1. The fourth-order valence-corrected chi connectivity index (χ4v) is 1.55. The maximum absolute atomic E-state index is 13.4. The van der Waals surface area contributed by atoms with Crippen molar-refractivity contribution in [3.05, 3.63) is 35.3 Å². The van der Waals surface area contributed by atoms with Crippen LogP contribution in [0.25, 0.3) is 11.1 Å². The summed E-state index contributed by atoms with van der Waals surface area (Å²) in [6, 6.07) is 2.78. The molecule has 0 radical (unpaired) electrons. The molecule has 3 N–H and O–H groups in total. The Bertz CT molecular complexity index is 548. The van der Waals surface area contributed by atoms with E-state index in [9.17, 15) is 9.18 Å². The lowest BCUT2D eigenvalue weighted by molar-refractivity contribution is 0.112. The van der Waals surface area contributed by atoms with Gasteiger partial charge < -0.3 is 5.73 Å². The molecule has 0 saturated carbocycles. The van der Waals surface area contributed by atoms with Gasteiger partial charge in [0.15, 0.2) is 6.29 Å². The van der Waals surface area contributed by atoms with Crippen LogP contribution >= 0.6 is 0 Å². The maximum Gasteiger partial charge on any atom is 0.150 e. The number of benzene rings is 1. The Morgan fingerprint density at radius 1 is 1.44 bits per heavy atom. The molecule has 0 bridgehead atoms. The predicted molar refractivity (Wildman–Crippen MR) is 58.5 cm³/mol. The van der Waals surface area contributed by atoms with Crippen LogP contribution in [-0.4, -0.2) is 16.5 Å². The zero-order valence-corrected chi connectivity index (χ0v) is 8.62. The van der Waals surface area contributed by atoms with Gasteiger partial charge in [-0.05, 0) is 24.6 Å². The topological polar surface area (TPSA) is 71.8 Å². The molecule has 4 nitrogen and oxygen atoms in total. The number of carbonyl (C=O) groups excluding carboxylic acids is 1. The second kappa shape index (κ2) is 3.77. The van der Waals surface area contributed by atoms with Crippen molar-refractivity contribution in [2.24, 2.45) is 0 Å². The molecule has 0 spiro atoms. The van der Waals surface area contributed by atoms with Gasteiger partial charge in [-0.1, -0.05) is 0 Å². The van der Waals surface area contributed by atoms with E-state index in [-0.39, 0.29) is 5.82 Å². The summed E-state index contributed by atoms with van der Waals surface area (Å²) >= 11 is 0. The molecule has 2 rings (SSSR count). The molecular formula is C11H10FN3O. The predicted octanol–water partition coefficient (Wildman–Crippen LogP) is 1.92. The van der Waals surface area contributed by atoms with Crippen molar-refractivity contribution in [2.45, 2.75) is 6.92 Å². The fourth-order valence-electron chi connectivity index (χ4n) is 1.55. The monoisotopic (exact) mass is 219 g/mol. The molecule has 1 aromatic carbocycles. The first-order valence-electron chi connectivity index (χ1n) is 4.68. The Hall–Kier alpha value is -2.17. The first-order valence-corrected chi connectivity index (χ1v) is 4.68. The van der Waals surface area contributed by atoms with E-state index in [1.807, 2.05) is 0 Å². The van der Waals surface area contributed by atoms with Crippen molar-refractivity contribution in [1.82, 2.24) is 10.2 Å². The van der Waals surface area contributed by atoms with E-state index in [0.717, 1.165) is 0 Å². The van der Waals surface area contributed by atoms with Crippen molar-refractivity contribution >= 4 is 12.1 Å². The number of nitrogen functional groups attached to an aromatic ring is 1. The third kappa shape index (κ3) is 1.56. The molecule has 5 heteroatoms. The number of hydrogen-bond donors (Lipinski definition) is 2. The Kier molecular flexibility index (Phi) is 2.44. The molecule has 16 heavy (non-hydrogen) atoms. The van der Waals surface area contributed by atoms with Crippen LogP contribution in [0.3, 0.4) is 0 Å². The van der Waals surface area contributed by atoms with E-state index in [4.69, 9.17) is 5.73 Å². The Labute approximate surface area is 91.3 Å². The smallest absolute Gasteiger partial charge is 0.150 e. The summed E-state index contributed by atoms with van der Waals surface area (Å²) < 4.78 is 13.4. The van der Waals surface area contributed by atoms with Crippen LogP contribution in [0.5, 0.6) is 0 Å². The van der Waals surface area contributed by atoms with Crippen LogP contribution in [0.15, 0.2) is 18.3 Å². The lowest BCUT2D eigenvalue weighted by Crippen LogP contribution is -1.95. The number of aromatic nitrogens is 2. The van der Waals surface area contributed by atoms with Gasteiger partial charge in [-0.15, -0.1) is 0 Å². The molecule has 0 atom stereocenters. The number of halogens is 1. The quantitative estimate of drug-likeness (QED) is 0.758. The van der Waals surface area contributed by atoms with Gasteiger partial charge in [0.1, 0.15) is 11.6 Å². The average Bonchev–Trinajstić information content (AvgIpc) is 2.68. The number of nitrogens with one attached hydrogen (secondary N) is 1. The maximum atomic E-state index is 13.4. The van der Waals surface area contributed by atoms with Crippen LogP contribution in [-0.2, 0) is 0 Å². The first-order chi connectivity index (χ1) is 7.63. The van der Waals surface area contributed by atoms with Crippen molar-refractivity contribution < 1.29 is 9.18 Å². The standard InChI is InChI=1S/C11H10FN3O/c1-6-2-7(5-16)8(3-10(6)12)9-4-14-15-11(9)13/h2-5H,1H3,(H3,13,14,15). The number of anilines is 1. The SMILES string of the molecule is Cc1cc(C=O)c(-c2cn[nH]c2N)cc1F. The average molecular weight is 219 g/mol. The second-order valence-corrected chi connectivity index (χ2v) is 3.50. The van der Waals surface area contributed by atoms with Crippen LogP contribution < -0.4 is 5.73 Å². The summed E-state index contributed by atoms with van der Waals surface area (Å²) in [6.07, 6.45) is 2.14.